The van der Waals surface area contributed by atoms with Gasteiger partial charge < -0.3 is 15.3 Å². The molecule has 0 aromatic carbocycles. The van der Waals surface area contributed by atoms with Crippen LogP contribution in [0.15, 0.2) is 0 Å². The van der Waals surface area contributed by atoms with Crippen LogP contribution in [-0.2, 0) is 0 Å². The molecule has 3 nitrogen and oxygen atoms in total. The summed E-state index contributed by atoms with van der Waals surface area (Å²) in [5, 5.41) is 13.3. The van der Waals surface area contributed by atoms with E-state index in [0.29, 0.717) is 12.1 Å². The molecular weight excluding hydrogens is 176 g/mol. The number of rotatable bonds is 3. The minimum absolute atomic E-state index is 0.145. The van der Waals surface area contributed by atoms with Gasteiger partial charge in [0, 0.05) is 24.7 Å². The first-order chi connectivity index (χ1) is 6.30. The summed E-state index contributed by atoms with van der Waals surface area (Å²) in [6.07, 6.45) is 1.18. The van der Waals surface area contributed by atoms with Gasteiger partial charge in [-0.25, -0.2) is 0 Å². The number of likely N-dealkylation sites (tertiary alicyclic amines) is 1. The summed E-state index contributed by atoms with van der Waals surface area (Å²) in [5.41, 5.74) is -0.635. The van der Waals surface area contributed by atoms with Crippen LogP contribution >= 0.6 is 0 Å². The van der Waals surface area contributed by atoms with Crippen molar-refractivity contribution in [2.24, 2.45) is 0 Å². The van der Waals surface area contributed by atoms with E-state index in [1.165, 1.54) is 6.42 Å². The molecule has 0 aromatic heterocycles. The Kier molecular flexibility index (Phi) is 3.56. The van der Waals surface area contributed by atoms with Gasteiger partial charge in [0.05, 0.1) is 5.60 Å². The quantitative estimate of drug-likeness (QED) is 0.708. The third-order valence-electron chi connectivity index (χ3n) is 3.43. The first-order valence-electron chi connectivity index (χ1n) is 5.49. The van der Waals surface area contributed by atoms with Crippen LogP contribution in [0, 0.1) is 0 Å². The predicted octanol–water partition coefficient (Wildman–Crippen LogP) is 0.828. The molecule has 3 heteroatoms. The number of nitrogens with zero attached hydrogens (tertiary/aromatic N) is 1. The summed E-state index contributed by atoms with van der Waals surface area (Å²) in [4.78, 5) is 2.36. The Morgan fingerprint density at radius 3 is 2.43 bits per heavy atom. The molecular formula is C11H24N2O. The van der Waals surface area contributed by atoms with E-state index in [0.717, 1.165) is 6.54 Å². The maximum atomic E-state index is 9.80. The number of likely N-dealkylation sites (N-methyl/N-ethyl adjacent to an activating group) is 1. The highest BCUT2D eigenvalue weighted by Crippen LogP contribution is 2.17. The van der Waals surface area contributed by atoms with Crippen LogP contribution in [0.2, 0.25) is 0 Å². The van der Waals surface area contributed by atoms with E-state index in [9.17, 15) is 5.11 Å². The van der Waals surface area contributed by atoms with E-state index in [4.69, 9.17) is 0 Å². The molecule has 14 heavy (non-hydrogen) atoms. The largest absolute Gasteiger partial charge is 0.389 e. The smallest absolute Gasteiger partial charge is 0.0741 e. The first-order valence-corrected chi connectivity index (χ1v) is 5.49. The minimum Gasteiger partial charge on any atom is -0.389 e. The Morgan fingerprint density at radius 1 is 1.50 bits per heavy atom. The van der Waals surface area contributed by atoms with Gasteiger partial charge in [0.25, 0.3) is 0 Å². The normalized spacial score (nSPS) is 32.1. The molecule has 0 saturated carbocycles. The van der Waals surface area contributed by atoms with E-state index >= 15 is 0 Å². The maximum absolute atomic E-state index is 9.80. The second kappa shape index (κ2) is 4.17. The van der Waals surface area contributed by atoms with E-state index in [1.54, 1.807) is 0 Å². The zero-order valence-electron chi connectivity index (χ0n) is 10.0. The fraction of sp³-hybridized carbons (Fsp3) is 1.00. The van der Waals surface area contributed by atoms with Crippen molar-refractivity contribution in [3.8, 4) is 0 Å². The number of aliphatic hydroxyl groups is 1. The molecule has 0 spiro atoms. The zero-order valence-corrected chi connectivity index (χ0v) is 10.0. The van der Waals surface area contributed by atoms with E-state index in [1.807, 2.05) is 20.8 Å². The summed E-state index contributed by atoms with van der Waals surface area (Å²) < 4.78 is 0. The average Bonchev–Trinajstić information content (AvgIpc) is 2.29. The minimum atomic E-state index is -0.635. The van der Waals surface area contributed by atoms with Crippen LogP contribution in [0.5, 0.6) is 0 Å². The molecule has 3 unspecified atom stereocenters. The lowest BCUT2D eigenvalue weighted by molar-refractivity contribution is 0.0402. The third kappa shape index (κ3) is 2.94. The van der Waals surface area contributed by atoms with E-state index in [-0.39, 0.29) is 6.04 Å². The Balaban J connectivity index is 2.40. The summed E-state index contributed by atoms with van der Waals surface area (Å²) in [7, 11) is 2.15. The van der Waals surface area contributed by atoms with Crippen LogP contribution in [-0.4, -0.2) is 47.3 Å². The van der Waals surface area contributed by atoms with Gasteiger partial charge in [-0.3, -0.25) is 0 Å². The van der Waals surface area contributed by atoms with Gasteiger partial charge in [-0.15, -0.1) is 0 Å². The highest BCUT2D eigenvalue weighted by atomic mass is 16.3. The molecule has 0 bridgehead atoms. The molecule has 1 fully saturated rings. The molecule has 0 aromatic rings. The number of nitrogens with one attached hydrogen (secondary N) is 1. The maximum Gasteiger partial charge on any atom is 0.0741 e. The van der Waals surface area contributed by atoms with E-state index < -0.39 is 5.60 Å². The topological polar surface area (TPSA) is 35.5 Å². The number of hydrogen-bond donors (Lipinski definition) is 2. The molecule has 1 aliphatic rings. The van der Waals surface area contributed by atoms with Gasteiger partial charge in [-0.1, -0.05) is 0 Å². The Labute approximate surface area is 87.5 Å². The third-order valence-corrected chi connectivity index (χ3v) is 3.43. The fourth-order valence-corrected chi connectivity index (χ4v) is 1.87. The van der Waals surface area contributed by atoms with Gasteiger partial charge >= 0.3 is 0 Å². The van der Waals surface area contributed by atoms with Crippen molar-refractivity contribution in [3.05, 3.63) is 0 Å². The summed E-state index contributed by atoms with van der Waals surface area (Å²) in [5.74, 6) is 0. The van der Waals surface area contributed by atoms with Crippen LogP contribution in [0.25, 0.3) is 0 Å². The Bertz CT molecular complexity index is 178. The highest BCUT2D eigenvalue weighted by molar-refractivity contribution is 4.90. The molecule has 84 valence electrons. The van der Waals surface area contributed by atoms with Crippen molar-refractivity contribution in [3.63, 3.8) is 0 Å². The second-order valence-electron chi connectivity index (χ2n) is 5.26. The number of hydrogen-bond acceptors (Lipinski definition) is 3. The van der Waals surface area contributed by atoms with Crippen LogP contribution in [0.1, 0.15) is 34.1 Å². The van der Waals surface area contributed by atoms with Crippen LogP contribution < -0.4 is 5.32 Å². The molecule has 2 N–H and O–H groups in total. The zero-order chi connectivity index (χ0) is 10.9. The van der Waals surface area contributed by atoms with Gasteiger partial charge in [-0.2, -0.15) is 0 Å². The molecule has 1 heterocycles. The van der Waals surface area contributed by atoms with Crippen LogP contribution in [0.3, 0.4) is 0 Å². The monoisotopic (exact) mass is 200 g/mol. The predicted molar refractivity (Wildman–Crippen MR) is 59.4 cm³/mol. The molecule has 3 atom stereocenters. The van der Waals surface area contributed by atoms with Gasteiger partial charge in [0.2, 0.25) is 0 Å². The summed E-state index contributed by atoms with van der Waals surface area (Å²) in [6.45, 7) is 9.08. The lowest BCUT2D eigenvalue weighted by Gasteiger charge is -2.29. The van der Waals surface area contributed by atoms with Crippen molar-refractivity contribution < 1.29 is 5.11 Å². The lowest BCUT2D eigenvalue weighted by atomic mass is 9.99. The highest BCUT2D eigenvalue weighted by Gasteiger charge is 2.30. The van der Waals surface area contributed by atoms with Crippen molar-refractivity contribution in [2.75, 3.05) is 13.6 Å². The van der Waals surface area contributed by atoms with Gasteiger partial charge in [0.15, 0.2) is 0 Å². The average molecular weight is 200 g/mol. The molecule has 1 rings (SSSR count). The standard InChI is InChI=1S/C11H24N2O/c1-8-6-10(7-13(8)5)12-9(2)11(3,4)14/h8-10,12,14H,6-7H2,1-5H3. The van der Waals surface area contributed by atoms with Crippen molar-refractivity contribution in [1.82, 2.24) is 10.2 Å². The van der Waals surface area contributed by atoms with Crippen molar-refractivity contribution in [1.29, 1.82) is 0 Å². The molecule has 1 saturated heterocycles. The Hall–Kier alpha value is -0.120. The van der Waals surface area contributed by atoms with Crippen molar-refractivity contribution in [2.45, 2.75) is 57.8 Å². The molecule has 1 aliphatic heterocycles. The van der Waals surface area contributed by atoms with Crippen molar-refractivity contribution >= 4 is 0 Å². The molecule has 0 amide bonds. The summed E-state index contributed by atoms with van der Waals surface area (Å²) >= 11 is 0. The second-order valence-corrected chi connectivity index (χ2v) is 5.26. The van der Waals surface area contributed by atoms with E-state index in [2.05, 4.69) is 24.2 Å². The van der Waals surface area contributed by atoms with Crippen LogP contribution in [0.4, 0.5) is 0 Å². The van der Waals surface area contributed by atoms with Gasteiger partial charge in [0.1, 0.15) is 0 Å². The first kappa shape index (κ1) is 12.0. The fourth-order valence-electron chi connectivity index (χ4n) is 1.87. The molecule has 0 radical (unpaired) electrons. The Morgan fingerprint density at radius 2 is 2.07 bits per heavy atom. The lowest BCUT2D eigenvalue weighted by Crippen LogP contribution is -2.49. The molecule has 0 aliphatic carbocycles. The van der Waals surface area contributed by atoms with Gasteiger partial charge in [-0.05, 0) is 41.2 Å². The SMILES string of the molecule is CC1CC(NC(C)C(C)(C)O)CN1C. The summed E-state index contributed by atoms with van der Waals surface area (Å²) in [6, 6.07) is 1.32.